The lowest BCUT2D eigenvalue weighted by molar-refractivity contribution is 0.232. The Bertz CT molecular complexity index is 331. The zero-order chi connectivity index (χ0) is 12.1. The van der Waals surface area contributed by atoms with Crippen LogP contribution in [0.2, 0.25) is 0 Å². The van der Waals surface area contributed by atoms with Crippen LogP contribution in [0.5, 0.6) is 0 Å². The second kappa shape index (κ2) is 6.55. The van der Waals surface area contributed by atoms with E-state index in [4.69, 9.17) is 0 Å². The molecule has 0 aliphatic heterocycles. The van der Waals surface area contributed by atoms with Crippen LogP contribution in [0.1, 0.15) is 31.2 Å². The summed E-state index contributed by atoms with van der Waals surface area (Å²) in [6, 6.07) is 8.83. The van der Waals surface area contributed by atoms with Gasteiger partial charge in [0.2, 0.25) is 0 Å². The molecule has 2 unspecified atom stereocenters. The average Bonchev–Trinajstić information content (AvgIpc) is 2.35. The van der Waals surface area contributed by atoms with Crippen molar-refractivity contribution in [3.05, 3.63) is 34.3 Å². The van der Waals surface area contributed by atoms with Crippen LogP contribution in [0.25, 0.3) is 0 Å². The van der Waals surface area contributed by atoms with E-state index in [1.165, 1.54) is 48.7 Å². The van der Waals surface area contributed by atoms with E-state index < -0.39 is 0 Å². The van der Waals surface area contributed by atoms with Gasteiger partial charge in [-0.2, -0.15) is 0 Å². The molecular weight excluding hydrogens is 274 g/mol. The molecule has 1 saturated carbocycles. The Kier molecular flexibility index (Phi) is 5.05. The van der Waals surface area contributed by atoms with E-state index in [9.17, 15) is 0 Å². The molecule has 2 rings (SSSR count). The maximum atomic E-state index is 3.50. The standard InChI is InChI=1S/C15H22BrN/c1-17-11-14-5-3-2-4-13(14)10-12-6-8-15(16)9-7-12/h6-9,13-14,17H,2-5,10-11H2,1H3. The fourth-order valence-electron chi connectivity index (χ4n) is 3.01. The lowest BCUT2D eigenvalue weighted by atomic mass is 9.76. The van der Waals surface area contributed by atoms with Gasteiger partial charge in [0.15, 0.2) is 0 Å². The summed E-state index contributed by atoms with van der Waals surface area (Å²) >= 11 is 3.50. The molecule has 1 aromatic carbocycles. The molecule has 1 N–H and O–H groups in total. The Morgan fingerprint density at radius 1 is 1.12 bits per heavy atom. The molecule has 0 bridgehead atoms. The van der Waals surface area contributed by atoms with Crippen molar-refractivity contribution in [2.75, 3.05) is 13.6 Å². The first-order chi connectivity index (χ1) is 8.29. The van der Waals surface area contributed by atoms with Crippen LogP contribution in [0.15, 0.2) is 28.7 Å². The number of hydrogen-bond acceptors (Lipinski definition) is 1. The van der Waals surface area contributed by atoms with Gasteiger partial charge in [-0.15, -0.1) is 0 Å². The SMILES string of the molecule is CNCC1CCCCC1Cc1ccc(Br)cc1. The lowest BCUT2D eigenvalue weighted by Crippen LogP contribution is -2.29. The Balaban J connectivity index is 1.97. The molecule has 0 aromatic heterocycles. The van der Waals surface area contributed by atoms with E-state index in [0.717, 1.165) is 11.8 Å². The summed E-state index contributed by atoms with van der Waals surface area (Å²) in [4.78, 5) is 0. The van der Waals surface area contributed by atoms with Crippen LogP contribution in [0.4, 0.5) is 0 Å². The first kappa shape index (κ1) is 13.1. The average molecular weight is 296 g/mol. The molecule has 0 saturated heterocycles. The summed E-state index contributed by atoms with van der Waals surface area (Å²) in [7, 11) is 2.07. The van der Waals surface area contributed by atoms with Gasteiger partial charge < -0.3 is 5.32 Å². The predicted octanol–water partition coefficient (Wildman–Crippen LogP) is 4.02. The van der Waals surface area contributed by atoms with E-state index in [2.05, 4.69) is 52.6 Å². The van der Waals surface area contributed by atoms with E-state index >= 15 is 0 Å². The molecule has 0 amide bonds. The van der Waals surface area contributed by atoms with Gasteiger partial charge >= 0.3 is 0 Å². The topological polar surface area (TPSA) is 12.0 Å². The molecule has 0 heterocycles. The van der Waals surface area contributed by atoms with Crippen molar-refractivity contribution in [1.29, 1.82) is 0 Å². The molecule has 2 atom stereocenters. The lowest BCUT2D eigenvalue weighted by Gasteiger charge is -2.31. The molecule has 0 spiro atoms. The van der Waals surface area contributed by atoms with E-state index in [-0.39, 0.29) is 0 Å². The number of hydrogen-bond donors (Lipinski definition) is 1. The van der Waals surface area contributed by atoms with Gasteiger partial charge in [0, 0.05) is 4.47 Å². The molecular formula is C15H22BrN. The summed E-state index contributed by atoms with van der Waals surface area (Å²) < 4.78 is 1.18. The zero-order valence-corrected chi connectivity index (χ0v) is 12.2. The van der Waals surface area contributed by atoms with Gasteiger partial charge in [0.05, 0.1) is 0 Å². The molecule has 94 valence electrons. The fourth-order valence-corrected chi connectivity index (χ4v) is 3.27. The van der Waals surface area contributed by atoms with Crippen molar-refractivity contribution >= 4 is 15.9 Å². The zero-order valence-electron chi connectivity index (χ0n) is 10.6. The fraction of sp³-hybridized carbons (Fsp3) is 0.600. The van der Waals surface area contributed by atoms with Crippen molar-refractivity contribution < 1.29 is 0 Å². The normalized spacial score (nSPS) is 24.8. The molecule has 17 heavy (non-hydrogen) atoms. The first-order valence-electron chi connectivity index (χ1n) is 6.68. The molecule has 1 aliphatic rings. The minimum Gasteiger partial charge on any atom is -0.319 e. The number of halogens is 1. The molecule has 1 aromatic rings. The highest BCUT2D eigenvalue weighted by atomic mass is 79.9. The van der Waals surface area contributed by atoms with Gasteiger partial charge in [-0.05, 0) is 62.4 Å². The predicted molar refractivity (Wildman–Crippen MR) is 77.2 cm³/mol. The number of benzene rings is 1. The van der Waals surface area contributed by atoms with Crippen molar-refractivity contribution in [2.24, 2.45) is 11.8 Å². The maximum absolute atomic E-state index is 3.50. The summed E-state index contributed by atoms with van der Waals surface area (Å²) in [5.74, 6) is 1.75. The van der Waals surface area contributed by atoms with Crippen LogP contribution in [0, 0.1) is 11.8 Å². The Morgan fingerprint density at radius 2 is 1.76 bits per heavy atom. The van der Waals surface area contributed by atoms with E-state index in [1.54, 1.807) is 0 Å². The van der Waals surface area contributed by atoms with Crippen molar-refractivity contribution in [2.45, 2.75) is 32.1 Å². The Hall–Kier alpha value is -0.340. The van der Waals surface area contributed by atoms with Gasteiger partial charge in [-0.25, -0.2) is 0 Å². The van der Waals surface area contributed by atoms with Crippen molar-refractivity contribution in [3.63, 3.8) is 0 Å². The van der Waals surface area contributed by atoms with Gasteiger partial charge in [-0.3, -0.25) is 0 Å². The van der Waals surface area contributed by atoms with Crippen LogP contribution in [-0.4, -0.2) is 13.6 Å². The highest BCUT2D eigenvalue weighted by Crippen LogP contribution is 2.32. The van der Waals surface area contributed by atoms with E-state index in [1.807, 2.05) is 0 Å². The first-order valence-corrected chi connectivity index (χ1v) is 7.48. The molecule has 1 fully saturated rings. The van der Waals surface area contributed by atoms with Crippen LogP contribution >= 0.6 is 15.9 Å². The number of rotatable bonds is 4. The minimum atomic E-state index is 0.873. The minimum absolute atomic E-state index is 0.873. The maximum Gasteiger partial charge on any atom is 0.0175 e. The second-order valence-electron chi connectivity index (χ2n) is 5.19. The smallest absolute Gasteiger partial charge is 0.0175 e. The highest BCUT2D eigenvalue weighted by molar-refractivity contribution is 9.10. The van der Waals surface area contributed by atoms with Gasteiger partial charge in [-0.1, -0.05) is 40.9 Å². The third-order valence-electron chi connectivity index (χ3n) is 3.94. The Morgan fingerprint density at radius 3 is 2.41 bits per heavy atom. The summed E-state index contributed by atoms with van der Waals surface area (Å²) in [6.45, 7) is 1.18. The summed E-state index contributed by atoms with van der Waals surface area (Å²) in [5.41, 5.74) is 1.49. The second-order valence-corrected chi connectivity index (χ2v) is 6.11. The third kappa shape index (κ3) is 3.82. The van der Waals surface area contributed by atoms with Crippen LogP contribution in [-0.2, 0) is 6.42 Å². The molecule has 1 aliphatic carbocycles. The van der Waals surface area contributed by atoms with E-state index in [0.29, 0.717) is 0 Å². The summed E-state index contributed by atoms with van der Waals surface area (Å²) in [6.07, 6.45) is 6.90. The third-order valence-corrected chi connectivity index (χ3v) is 4.47. The van der Waals surface area contributed by atoms with Crippen molar-refractivity contribution in [1.82, 2.24) is 5.32 Å². The highest BCUT2D eigenvalue weighted by Gasteiger charge is 2.24. The molecule has 2 heteroatoms. The summed E-state index contributed by atoms with van der Waals surface area (Å²) in [5, 5.41) is 3.35. The van der Waals surface area contributed by atoms with Crippen LogP contribution in [0.3, 0.4) is 0 Å². The van der Waals surface area contributed by atoms with Crippen LogP contribution < -0.4 is 5.32 Å². The quantitative estimate of drug-likeness (QED) is 0.885. The molecule has 0 radical (unpaired) electrons. The monoisotopic (exact) mass is 295 g/mol. The van der Waals surface area contributed by atoms with Crippen molar-refractivity contribution in [3.8, 4) is 0 Å². The number of nitrogens with one attached hydrogen (secondary N) is 1. The van der Waals surface area contributed by atoms with Gasteiger partial charge in [0.1, 0.15) is 0 Å². The largest absolute Gasteiger partial charge is 0.319 e. The molecule has 1 nitrogen and oxygen atoms in total. The van der Waals surface area contributed by atoms with Gasteiger partial charge in [0.25, 0.3) is 0 Å². The Labute approximate surface area is 113 Å².